The highest BCUT2D eigenvalue weighted by Gasteiger charge is 2.10. The van der Waals surface area contributed by atoms with E-state index in [1.165, 1.54) is 6.20 Å². The van der Waals surface area contributed by atoms with Crippen molar-refractivity contribution in [2.24, 2.45) is 0 Å². The van der Waals surface area contributed by atoms with Gasteiger partial charge in [0.1, 0.15) is 0 Å². The van der Waals surface area contributed by atoms with Gasteiger partial charge in [0.2, 0.25) is 11.7 Å². The minimum absolute atomic E-state index is 0.147. The lowest BCUT2D eigenvalue weighted by Gasteiger charge is -2.06. The molecule has 2 aromatic rings. The van der Waals surface area contributed by atoms with Crippen LogP contribution in [0.25, 0.3) is 0 Å². The van der Waals surface area contributed by atoms with Crippen molar-refractivity contribution in [3.63, 3.8) is 0 Å². The Morgan fingerprint density at radius 3 is 2.88 bits per heavy atom. The highest BCUT2D eigenvalue weighted by molar-refractivity contribution is 5.83. The van der Waals surface area contributed by atoms with Crippen LogP contribution >= 0.6 is 0 Å². The molecule has 0 amide bonds. The van der Waals surface area contributed by atoms with Crippen molar-refractivity contribution < 1.29 is 14.3 Å². The molecule has 1 aromatic carbocycles. The van der Waals surface area contributed by atoms with Crippen LogP contribution in [0.4, 0.5) is 5.69 Å². The van der Waals surface area contributed by atoms with Crippen LogP contribution < -0.4 is 5.32 Å². The number of aryl methyl sites for hydroxylation is 1. The summed E-state index contributed by atoms with van der Waals surface area (Å²) in [5.41, 5.74) is 2.08. The fourth-order valence-corrected chi connectivity index (χ4v) is 1.43. The number of anilines is 1. The summed E-state index contributed by atoms with van der Waals surface area (Å²) in [7, 11) is 0. The van der Waals surface area contributed by atoms with Crippen LogP contribution in [-0.2, 0) is 6.54 Å². The molecular weight excluding hydrogens is 220 g/mol. The number of aromatic nitrogens is 1. The number of oxazole rings is 1. The first kappa shape index (κ1) is 11.2. The van der Waals surface area contributed by atoms with Crippen LogP contribution in [0.1, 0.15) is 22.0 Å². The van der Waals surface area contributed by atoms with Gasteiger partial charge in [-0.15, -0.1) is 0 Å². The molecule has 0 unspecified atom stereocenters. The molecule has 0 aliphatic carbocycles. The maximum atomic E-state index is 10.6. The van der Waals surface area contributed by atoms with Gasteiger partial charge in [-0.05, 0) is 18.6 Å². The van der Waals surface area contributed by atoms with Crippen LogP contribution in [0.3, 0.4) is 0 Å². The number of aromatic carboxylic acids is 1. The van der Waals surface area contributed by atoms with Crippen LogP contribution in [0.2, 0.25) is 0 Å². The summed E-state index contributed by atoms with van der Waals surface area (Å²) < 4.78 is 5.03. The molecule has 0 spiro atoms. The average molecular weight is 232 g/mol. The Labute approximate surface area is 98.1 Å². The fourth-order valence-electron chi connectivity index (χ4n) is 1.43. The van der Waals surface area contributed by atoms with Crippen molar-refractivity contribution in [1.82, 2.24) is 4.98 Å². The fraction of sp³-hybridized carbons (Fsp3) is 0.167. The van der Waals surface area contributed by atoms with E-state index >= 15 is 0 Å². The SMILES string of the molecule is Cc1ccccc1NCc1ncc(C(=O)O)o1. The molecule has 5 nitrogen and oxygen atoms in total. The minimum Gasteiger partial charge on any atom is -0.475 e. The zero-order chi connectivity index (χ0) is 12.3. The molecule has 88 valence electrons. The van der Waals surface area contributed by atoms with E-state index in [0.29, 0.717) is 12.4 Å². The van der Waals surface area contributed by atoms with Crippen LogP contribution in [0, 0.1) is 6.92 Å². The van der Waals surface area contributed by atoms with Gasteiger partial charge in [-0.1, -0.05) is 18.2 Å². The summed E-state index contributed by atoms with van der Waals surface area (Å²) in [6.07, 6.45) is 1.21. The van der Waals surface area contributed by atoms with Crippen molar-refractivity contribution in [2.75, 3.05) is 5.32 Å². The Bertz CT molecular complexity index is 534. The smallest absolute Gasteiger partial charge is 0.373 e. The third kappa shape index (κ3) is 2.63. The molecule has 0 saturated heterocycles. The third-order valence-corrected chi connectivity index (χ3v) is 2.34. The van der Waals surface area contributed by atoms with Crippen molar-refractivity contribution in [2.45, 2.75) is 13.5 Å². The normalized spacial score (nSPS) is 10.2. The first-order valence-corrected chi connectivity index (χ1v) is 5.14. The quantitative estimate of drug-likeness (QED) is 0.845. The van der Waals surface area contributed by atoms with Gasteiger partial charge >= 0.3 is 5.97 Å². The van der Waals surface area contributed by atoms with E-state index in [4.69, 9.17) is 9.52 Å². The van der Waals surface area contributed by atoms with E-state index in [1.807, 2.05) is 31.2 Å². The van der Waals surface area contributed by atoms with Crippen molar-refractivity contribution in [3.05, 3.63) is 47.7 Å². The van der Waals surface area contributed by atoms with E-state index in [1.54, 1.807) is 0 Å². The Kier molecular flexibility index (Phi) is 3.09. The maximum absolute atomic E-state index is 10.6. The molecule has 2 N–H and O–H groups in total. The van der Waals surface area contributed by atoms with Gasteiger partial charge in [0.15, 0.2) is 0 Å². The molecule has 0 fully saturated rings. The maximum Gasteiger partial charge on any atom is 0.373 e. The Hall–Kier alpha value is -2.30. The highest BCUT2D eigenvalue weighted by Crippen LogP contribution is 2.14. The molecule has 0 saturated carbocycles. The molecule has 1 heterocycles. The molecule has 1 aromatic heterocycles. The predicted octanol–water partition coefficient (Wildman–Crippen LogP) is 2.29. The van der Waals surface area contributed by atoms with Crippen LogP contribution in [0.5, 0.6) is 0 Å². The van der Waals surface area contributed by atoms with E-state index in [-0.39, 0.29) is 5.76 Å². The second-order valence-electron chi connectivity index (χ2n) is 3.59. The summed E-state index contributed by atoms with van der Waals surface area (Å²) >= 11 is 0. The molecule has 17 heavy (non-hydrogen) atoms. The summed E-state index contributed by atoms with van der Waals surface area (Å²) in [4.78, 5) is 14.5. The number of carboxylic acid groups (broad SMARTS) is 1. The number of para-hydroxylation sites is 1. The first-order valence-electron chi connectivity index (χ1n) is 5.14. The number of benzene rings is 1. The van der Waals surface area contributed by atoms with Crippen molar-refractivity contribution in [1.29, 1.82) is 0 Å². The number of nitrogens with zero attached hydrogens (tertiary/aromatic N) is 1. The van der Waals surface area contributed by atoms with Crippen LogP contribution in [-0.4, -0.2) is 16.1 Å². The molecule has 0 aliphatic heterocycles. The molecule has 0 bridgehead atoms. The lowest BCUT2D eigenvalue weighted by Crippen LogP contribution is -2.01. The topological polar surface area (TPSA) is 75.4 Å². The molecular formula is C12H12N2O3. The summed E-state index contributed by atoms with van der Waals surface area (Å²) in [5, 5.41) is 11.8. The summed E-state index contributed by atoms with van der Waals surface area (Å²) in [5.74, 6) is -0.906. The van der Waals surface area contributed by atoms with Crippen molar-refractivity contribution in [3.8, 4) is 0 Å². The van der Waals surface area contributed by atoms with E-state index in [2.05, 4.69) is 10.3 Å². The zero-order valence-corrected chi connectivity index (χ0v) is 9.30. The molecule has 0 aliphatic rings. The van der Waals surface area contributed by atoms with E-state index < -0.39 is 5.97 Å². The number of rotatable bonds is 4. The Balaban J connectivity index is 2.02. The number of carboxylic acids is 1. The molecule has 0 radical (unpaired) electrons. The van der Waals surface area contributed by atoms with E-state index in [9.17, 15) is 4.79 Å². The lowest BCUT2D eigenvalue weighted by molar-refractivity contribution is 0.0660. The summed E-state index contributed by atoms with van der Waals surface area (Å²) in [6, 6.07) is 7.80. The average Bonchev–Trinajstić information content (AvgIpc) is 2.77. The number of carbonyl (C=O) groups is 1. The first-order chi connectivity index (χ1) is 8.16. The Morgan fingerprint density at radius 1 is 1.47 bits per heavy atom. The largest absolute Gasteiger partial charge is 0.475 e. The van der Waals surface area contributed by atoms with Crippen molar-refractivity contribution >= 4 is 11.7 Å². The standard InChI is InChI=1S/C12H12N2O3/c1-8-4-2-3-5-9(8)13-7-11-14-6-10(17-11)12(15)16/h2-6,13H,7H2,1H3,(H,15,16). The molecule has 5 heteroatoms. The molecule has 0 atom stereocenters. The monoisotopic (exact) mass is 232 g/mol. The Morgan fingerprint density at radius 2 is 2.24 bits per heavy atom. The van der Waals surface area contributed by atoms with Gasteiger partial charge in [-0.3, -0.25) is 0 Å². The number of hydrogen-bond acceptors (Lipinski definition) is 4. The van der Waals surface area contributed by atoms with Gasteiger partial charge in [-0.2, -0.15) is 0 Å². The summed E-state index contributed by atoms with van der Waals surface area (Å²) in [6.45, 7) is 2.35. The second-order valence-corrected chi connectivity index (χ2v) is 3.59. The predicted molar refractivity (Wildman–Crippen MR) is 62.0 cm³/mol. The molecule has 2 rings (SSSR count). The van der Waals surface area contributed by atoms with Gasteiger partial charge in [0.05, 0.1) is 12.7 Å². The highest BCUT2D eigenvalue weighted by atomic mass is 16.4. The van der Waals surface area contributed by atoms with Gasteiger partial charge in [-0.25, -0.2) is 9.78 Å². The number of hydrogen-bond donors (Lipinski definition) is 2. The van der Waals surface area contributed by atoms with Gasteiger partial charge in [0.25, 0.3) is 0 Å². The minimum atomic E-state index is -1.11. The zero-order valence-electron chi connectivity index (χ0n) is 9.30. The van der Waals surface area contributed by atoms with E-state index in [0.717, 1.165) is 11.3 Å². The third-order valence-electron chi connectivity index (χ3n) is 2.34. The van der Waals surface area contributed by atoms with Gasteiger partial charge < -0.3 is 14.8 Å². The lowest BCUT2D eigenvalue weighted by atomic mass is 10.2. The van der Waals surface area contributed by atoms with Crippen LogP contribution in [0.15, 0.2) is 34.9 Å². The number of nitrogens with one attached hydrogen (secondary N) is 1. The second kappa shape index (κ2) is 4.69. The van der Waals surface area contributed by atoms with Gasteiger partial charge in [0, 0.05) is 5.69 Å².